The zero-order valence-corrected chi connectivity index (χ0v) is 11.0. The summed E-state index contributed by atoms with van der Waals surface area (Å²) in [6.07, 6.45) is 0. The fourth-order valence-corrected chi connectivity index (χ4v) is 2.08. The lowest BCUT2D eigenvalue weighted by Gasteiger charge is -2.07. The van der Waals surface area contributed by atoms with Crippen LogP contribution in [-0.2, 0) is 0 Å². The Kier molecular flexibility index (Phi) is 3.46. The second kappa shape index (κ2) is 5.57. The number of guanidine groups is 1. The Morgan fingerprint density at radius 3 is 2.35 bits per heavy atom. The molecule has 3 rings (SSSR count). The summed E-state index contributed by atoms with van der Waals surface area (Å²) >= 11 is 0. The molecule has 0 fully saturated rings. The van der Waals surface area contributed by atoms with E-state index in [0.717, 1.165) is 24.7 Å². The molecule has 2 N–H and O–H groups in total. The fourth-order valence-electron chi connectivity index (χ4n) is 2.08. The lowest BCUT2D eigenvalue weighted by atomic mass is 10.0. The highest BCUT2D eigenvalue weighted by molar-refractivity contribution is 6.09. The van der Waals surface area contributed by atoms with Gasteiger partial charge < -0.3 is 10.6 Å². The Hall–Kier alpha value is -2.62. The van der Waals surface area contributed by atoms with Gasteiger partial charge in [0.25, 0.3) is 0 Å². The average Bonchev–Trinajstić information content (AvgIpc) is 3.01. The third kappa shape index (κ3) is 2.69. The molecule has 100 valence electrons. The van der Waals surface area contributed by atoms with E-state index in [1.165, 1.54) is 0 Å². The highest BCUT2D eigenvalue weighted by atomic mass is 16.1. The molecule has 4 nitrogen and oxygen atoms in total. The van der Waals surface area contributed by atoms with E-state index < -0.39 is 0 Å². The molecule has 0 aromatic heterocycles. The summed E-state index contributed by atoms with van der Waals surface area (Å²) in [6.45, 7) is 1.67. The summed E-state index contributed by atoms with van der Waals surface area (Å²) in [5.41, 5.74) is 2.31. The van der Waals surface area contributed by atoms with Gasteiger partial charge in [0, 0.05) is 23.4 Å². The number of carbonyl (C=O) groups is 1. The van der Waals surface area contributed by atoms with Crippen molar-refractivity contribution in [2.45, 2.75) is 0 Å². The van der Waals surface area contributed by atoms with Gasteiger partial charge in [0.15, 0.2) is 11.7 Å². The van der Waals surface area contributed by atoms with E-state index in [0.29, 0.717) is 11.1 Å². The second-order valence-electron chi connectivity index (χ2n) is 4.55. The minimum absolute atomic E-state index is 0.0356. The topological polar surface area (TPSA) is 53.5 Å². The van der Waals surface area contributed by atoms with Crippen molar-refractivity contribution in [3.8, 4) is 0 Å². The number of nitrogens with zero attached hydrogens (tertiary/aromatic N) is 1. The predicted molar refractivity (Wildman–Crippen MR) is 80.2 cm³/mol. The van der Waals surface area contributed by atoms with E-state index in [2.05, 4.69) is 15.6 Å². The zero-order valence-electron chi connectivity index (χ0n) is 11.0. The summed E-state index contributed by atoms with van der Waals surface area (Å²) in [5, 5.41) is 6.31. The van der Waals surface area contributed by atoms with Crippen molar-refractivity contribution < 1.29 is 4.79 Å². The Bertz CT molecular complexity index is 633. The van der Waals surface area contributed by atoms with E-state index >= 15 is 0 Å². The average molecular weight is 265 g/mol. The molecule has 2 aromatic rings. The van der Waals surface area contributed by atoms with Gasteiger partial charge in [0.05, 0.1) is 6.54 Å². The van der Waals surface area contributed by atoms with Crippen molar-refractivity contribution in [1.82, 2.24) is 5.32 Å². The monoisotopic (exact) mass is 265 g/mol. The van der Waals surface area contributed by atoms with Crippen LogP contribution in [0.15, 0.2) is 59.6 Å². The molecule has 0 atom stereocenters. The number of benzene rings is 2. The molecule has 0 spiro atoms. The number of hydrogen-bond acceptors (Lipinski definition) is 4. The predicted octanol–water partition coefficient (Wildman–Crippen LogP) is 2.29. The van der Waals surface area contributed by atoms with Crippen LogP contribution in [0.4, 0.5) is 5.69 Å². The number of anilines is 1. The molecule has 0 saturated carbocycles. The van der Waals surface area contributed by atoms with Crippen molar-refractivity contribution in [2.24, 2.45) is 4.99 Å². The van der Waals surface area contributed by atoms with Crippen molar-refractivity contribution in [2.75, 3.05) is 18.4 Å². The number of ketones is 1. The van der Waals surface area contributed by atoms with Gasteiger partial charge in [0.1, 0.15) is 0 Å². The molecule has 1 heterocycles. The summed E-state index contributed by atoms with van der Waals surface area (Å²) in [7, 11) is 0. The normalized spacial score (nSPS) is 13.5. The number of hydrogen-bond donors (Lipinski definition) is 2. The van der Waals surface area contributed by atoms with Gasteiger partial charge >= 0.3 is 0 Å². The first kappa shape index (κ1) is 12.4. The molecular weight excluding hydrogens is 250 g/mol. The first-order chi connectivity index (χ1) is 9.83. The maximum absolute atomic E-state index is 12.2. The van der Waals surface area contributed by atoms with E-state index in [4.69, 9.17) is 0 Å². The van der Waals surface area contributed by atoms with E-state index in [1.807, 2.05) is 54.6 Å². The maximum atomic E-state index is 12.2. The summed E-state index contributed by atoms with van der Waals surface area (Å²) in [4.78, 5) is 16.5. The van der Waals surface area contributed by atoms with Crippen LogP contribution < -0.4 is 10.6 Å². The van der Waals surface area contributed by atoms with E-state index in [9.17, 15) is 4.79 Å². The van der Waals surface area contributed by atoms with Crippen LogP contribution >= 0.6 is 0 Å². The molecule has 20 heavy (non-hydrogen) atoms. The minimum atomic E-state index is 0.0356. The smallest absolute Gasteiger partial charge is 0.195 e. The van der Waals surface area contributed by atoms with Crippen molar-refractivity contribution >= 4 is 17.4 Å². The van der Waals surface area contributed by atoms with Crippen LogP contribution in [0.5, 0.6) is 0 Å². The Morgan fingerprint density at radius 1 is 1.00 bits per heavy atom. The summed E-state index contributed by atoms with van der Waals surface area (Å²) < 4.78 is 0. The van der Waals surface area contributed by atoms with Crippen LogP contribution in [0.3, 0.4) is 0 Å². The number of carbonyl (C=O) groups excluding carboxylic acids is 1. The molecule has 1 aliphatic rings. The Morgan fingerprint density at radius 2 is 1.70 bits per heavy atom. The Labute approximate surface area is 117 Å². The van der Waals surface area contributed by atoms with Crippen LogP contribution in [0, 0.1) is 0 Å². The molecule has 0 radical (unpaired) electrons. The van der Waals surface area contributed by atoms with E-state index in [-0.39, 0.29) is 5.78 Å². The van der Waals surface area contributed by atoms with Crippen molar-refractivity contribution in [3.63, 3.8) is 0 Å². The molecule has 2 aromatic carbocycles. The molecule has 0 aliphatic carbocycles. The van der Waals surface area contributed by atoms with Crippen LogP contribution in [0.1, 0.15) is 15.9 Å². The molecular formula is C16H15N3O. The van der Waals surface area contributed by atoms with Crippen LogP contribution in [0.2, 0.25) is 0 Å². The molecule has 1 aliphatic heterocycles. The van der Waals surface area contributed by atoms with Gasteiger partial charge in [-0.15, -0.1) is 0 Å². The third-order valence-corrected chi connectivity index (χ3v) is 3.12. The minimum Gasteiger partial charge on any atom is -0.354 e. The van der Waals surface area contributed by atoms with Gasteiger partial charge in [-0.05, 0) is 24.3 Å². The lowest BCUT2D eigenvalue weighted by Crippen LogP contribution is -2.26. The second-order valence-corrected chi connectivity index (χ2v) is 4.55. The maximum Gasteiger partial charge on any atom is 0.195 e. The fraction of sp³-hybridized carbons (Fsp3) is 0.125. The SMILES string of the molecule is O=C(c1ccccc1)c1ccc(NC2=NCCN2)cc1. The quantitative estimate of drug-likeness (QED) is 0.837. The molecule has 0 bridgehead atoms. The highest BCUT2D eigenvalue weighted by Gasteiger charge is 2.09. The summed E-state index contributed by atoms with van der Waals surface area (Å²) in [5.74, 6) is 0.820. The number of rotatable bonds is 3. The first-order valence-corrected chi connectivity index (χ1v) is 6.58. The third-order valence-electron chi connectivity index (χ3n) is 3.12. The molecule has 0 unspecified atom stereocenters. The molecule has 4 heteroatoms. The van der Waals surface area contributed by atoms with Crippen LogP contribution in [0.25, 0.3) is 0 Å². The molecule has 0 amide bonds. The summed E-state index contributed by atoms with van der Waals surface area (Å²) in [6, 6.07) is 16.7. The first-order valence-electron chi connectivity index (χ1n) is 6.58. The van der Waals surface area contributed by atoms with E-state index in [1.54, 1.807) is 0 Å². The van der Waals surface area contributed by atoms with Crippen molar-refractivity contribution in [1.29, 1.82) is 0 Å². The van der Waals surface area contributed by atoms with Crippen LogP contribution in [-0.4, -0.2) is 24.8 Å². The van der Waals surface area contributed by atoms with Gasteiger partial charge in [-0.3, -0.25) is 9.79 Å². The van der Waals surface area contributed by atoms with Gasteiger partial charge in [-0.2, -0.15) is 0 Å². The Balaban J connectivity index is 1.74. The van der Waals surface area contributed by atoms with Gasteiger partial charge in [0.2, 0.25) is 0 Å². The number of aliphatic imine (C=N–C) groups is 1. The zero-order chi connectivity index (χ0) is 13.8. The van der Waals surface area contributed by atoms with Gasteiger partial charge in [-0.25, -0.2) is 0 Å². The lowest BCUT2D eigenvalue weighted by molar-refractivity contribution is 0.103. The largest absolute Gasteiger partial charge is 0.354 e. The standard InChI is InChI=1S/C16H15N3O/c20-15(12-4-2-1-3-5-12)13-6-8-14(9-7-13)19-16-17-10-11-18-16/h1-9H,10-11H2,(H2,17,18,19). The highest BCUT2D eigenvalue weighted by Crippen LogP contribution is 2.14. The number of nitrogens with one attached hydrogen (secondary N) is 2. The molecule has 0 saturated heterocycles. The van der Waals surface area contributed by atoms with Gasteiger partial charge in [-0.1, -0.05) is 30.3 Å². The van der Waals surface area contributed by atoms with Crippen molar-refractivity contribution in [3.05, 3.63) is 65.7 Å².